The number of hydrogen-bond acceptors (Lipinski definition) is 4. The molecule has 2 aromatic rings. The second kappa shape index (κ2) is 6.17. The van der Waals surface area contributed by atoms with Gasteiger partial charge in [0, 0.05) is 25.7 Å². The number of carbonyl (C=O) groups excluding carboxylic acids is 1. The molecule has 5 heteroatoms. The Bertz CT molecular complexity index is 654. The fourth-order valence-corrected chi connectivity index (χ4v) is 1.82. The van der Waals surface area contributed by atoms with Crippen LogP contribution in [0.3, 0.4) is 0 Å². The molecule has 0 aromatic heterocycles. The van der Waals surface area contributed by atoms with E-state index in [1.54, 1.807) is 51.5 Å². The minimum atomic E-state index is -0.102. The second-order valence-corrected chi connectivity index (χ2v) is 4.73. The lowest BCUT2D eigenvalue weighted by molar-refractivity contribution is 0.0827. The zero-order valence-electron chi connectivity index (χ0n) is 12.3. The van der Waals surface area contributed by atoms with E-state index in [9.17, 15) is 4.79 Å². The topological polar surface area (TPSA) is 64.8 Å². The maximum atomic E-state index is 11.9. The molecular formula is C16H18N2O3. The van der Waals surface area contributed by atoms with Gasteiger partial charge in [-0.15, -0.1) is 0 Å². The maximum Gasteiger partial charge on any atom is 0.253 e. The number of nitrogens with two attached hydrogens (primary N) is 1. The Balaban J connectivity index is 2.23. The van der Waals surface area contributed by atoms with E-state index in [1.807, 2.05) is 12.1 Å². The van der Waals surface area contributed by atoms with E-state index in [0.717, 1.165) is 0 Å². The van der Waals surface area contributed by atoms with Crippen molar-refractivity contribution >= 4 is 11.6 Å². The lowest BCUT2D eigenvalue weighted by Gasteiger charge is -2.13. The Hall–Kier alpha value is -2.69. The van der Waals surface area contributed by atoms with Crippen molar-refractivity contribution in [1.82, 2.24) is 4.90 Å². The van der Waals surface area contributed by atoms with Crippen molar-refractivity contribution in [2.45, 2.75) is 0 Å². The van der Waals surface area contributed by atoms with Crippen molar-refractivity contribution in [3.63, 3.8) is 0 Å². The third-order valence-corrected chi connectivity index (χ3v) is 2.93. The van der Waals surface area contributed by atoms with Gasteiger partial charge >= 0.3 is 0 Å². The number of anilines is 1. The zero-order chi connectivity index (χ0) is 15.4. The molecule has 0 saturated heterocycles. The van der Waals surface area contributed by atoms with Crippen LogP contribution in [0.4, 0.5) is 5.69 Å². The molecule has 5 nitrogen and oxygen atoms in total. The molecule has 0 spiro atoms. The highest BCUT2D eigenvalue weighted by Crippen LogP contribution is 2.30. The van der Waals surface area contributed by atoms with Gasteiger partial charge in [-0.25, -0.2) is 0 Å². The van der Waals surface area contributed by atoms with Crippen LogP contribution in [0.25, 0.3) is 0 Å². The van der Waals surface area contributed by atoms with Gasteiger partial charge in [-0.3, -0.25) is 4.79 Å². The summed E-state index contributed by atoms with van der Waals surface area (Å²) >= 11 is 0. The summed E-state index contributed by atoms with van der Waals surface area (Å²) in [5.41, 5.74) is 6.88. The van der Waals surface area contributed by atoms with Crippen molar-refractivity contribution in [2.75, 3.05) is 26.9 Å². The first-order chi connectivity index (χ1) is 10.0. The molecule has 0 aliphatic heterocycles. The van der Waals surface area contributed by atoms with Crippen molar-refractivity contribution in [3.8, 4) is 17.2 Å². The molecule has 0 atom stereocenters. The SMILES string of the molecule is COc1cccc(Oc2ccc(C(=O)N(C)C)cc2N)c1. The van der Waals surface area contributed by atoms with Crippen molar-refractivity contribution in [1.29, 1.82) is 0 Å². The Labute approximate surface area is 123 Å². The number of methoxy groups -OCH3 is 1. The first-order valence-electron chi connectivity index (χ1n) is 6.44. The van der Waals surface area contributed by atoms with E-state index >= 15 is 0 Å². The van der Waals surface area contributed by atoms with Gasteiger partial charge in [-0.2, -0.15) is 0 Å². The molecule has 0 saturated carbocycles. The van der Waals surface area contributed by atoms with Gasteiger partial charge in [0.15, 0.2) is 0 Å². The maximum absolute atomic E-state index is 11.9. The molecule has 2 rings (SSSR count). The van der Waals surface area contributed by atoms with Gasteiger partial charge in [-0.05, 0) is 30.3 Å². The average Bonchev–Trinajstić information content (AvgIpc) is 2.48. The highest BCUT2D eigenvalue weighted by Gasteiger charge is 2.11. The summed E-state index contributed by atoms with van der Waals surface area (Å²) in [7, 11) is 4.98. The number of amides is 1. The molecule has 1 amide bonds. The van der Waals surface area contributed by atoms with Gasteiger partial charge in [0.25, 0.3) is 5.91 Å². The van der Waals surface area contributed by atoms with E-state index in [0.29, 0.717) is 28.5 Å². The van der Waals surface area contributed by atoms with Crippen LogP contribution in [0.15, 0.2) is 42.5 Å². The highest BCUT2D eigenvalue weighted by molar-refractivity contribution is 5.95. The molecule has 110 valence electrons. The second-order valence-electron chi connectivity index (χ2n) is 4.73. The number of rotatable bonds is 4. The third kappa shape index (κ3) is 3.45. The molecule has 0 radical (unpaired) electrons. The lowest BCUT2D eigenvalue weighted by Crippen LogP contribution is -2.21. The first-order valence-corrected chi connectivity index (χ1v) is 6.44. The van der Waals surface area contributed by atoms with Crippen LogP contribution in [0.1, 0.15) is 10.4 Å². The van der Waals surface area contributed by atoms with Gasteiger partial charge in [0.1, 0.15) is 17.2 Å². The molecule has 0 unspecified atom stereocenters. The summed E-state index contributed by atoms with van der Waals surface area (Å²) in [6.07, 6.45) is 0. The predicted octanol–water partition coefficient (Wildman–Crippen LogP) is 2.77. The fraction of sp³-hybridized carbons (Fsp3) is 0.188. The van der Waals surface area contributed by atoms with Crippen molar-refractivity contribution in [3.05, 3.63) is 48.0 Å². The number of nitrogen functional groups attached to an aromatic ring is 1. The normalized spacial score (nSPS) is 10.0. The summed E-state index contributed by atoms with van der Waals surface area (Å²) < 4.78 is 10.9. The molecule has 0 aliphatic carbocycles. The Kier molecular flexibility index (Phi) is 4.33. The first kappa shape index (κ1) is 14.7. The third-order valence-electron chi connectivity index (χ3n) is 2.93. The molecule has 2 N–H and O–H groups in total. The van der Waals surface area contributed by atoms with Gasteiger partial charge < -0.3 is 20.1 Å². The Morgan fingerprint density at radius 3 is 2.43 bits per heavy atom. The van der Waals surface area contributed by atoms with Crippen LogP contribution >= 0.6 is 0 Å². The van der Waals surface area contributed by atoms with E-state index in [1.165, 1.54) is 4.90 Å². The Morgan fingerprint density at radius 2 is 1.81 bits per heavy atom. The van der Waals surface area contributed by atoms with Crippen LogP contribution < -0.4 is 15.2 Å². The van der Waals surface area contributed by atoms with E-state index in [-0.39, 0.29) is 5.91 Å². The summed E-state index contributed by atoms with van der Waals surface area (Å²) in [4.78, 5) is 13.4. The van der Waals surface area contributed by atoms with Crippen LogP contribution in [0.5, 0.6) is 17.2 Å². The number of benzene rings is 2. The molecule has 21 heavy (non-hydrogen) atoms. The van der Waals surface area contributed by atoms with Crippen LogP contribution in [-0.2, 0) is 0 Å². The van der Waals surface area contributed by atoms with Crippen molar-refractivity contribution in [2.24, 2.45) is 0 Å². The standard InChI is InChI=1S/C16H18N2O3/c1-18(2)16(19)11-7-8-15(14(17)9-11)21-13-6-4-5-12(10-13)20-3/h4-10H,17H2,1-3H3. The molecule has 0 fully saturated rings. The number of carbonyl (C=O) groups is 1. The zero-order valence-corrected chi connectivity index (χ0v) is 12.3. The average molecular weight is 286 g/mol. The van der Waals surface area contributed by atoms with E-state index in [4.69, 9.17) is 15.2 Å². The van der Waals surface area contributed by atoms with Gasteiger partial charge in [-0.1, -0.05) is 6.07 Å². The summed E-state index contributed by atoms with van der Waals surface area (Å²) in [6.45, 7) is 0. The van der Waals surface area contributed by atoms with Crippen molar-refractivity contribution < 1.29 is 14.3 Å². The minimum Gasteiger partial charge on any atom is -0.497 e. The quantitative estimate of drug-likeness (QED) is 0.878. The molecule has 0 bridgehead atoms. The summed E-state index contributed by atoms with van der Waals surface area (Å²) in [6, 6.07) is 12.2. The number of ether oxygens (including phenoxy) is 2. The van der Waals surface area contributed by atoms with E-state index < -0.39 is 0 Å². The Morgan fingerprint density at radius 1 is 1.10 bits per heavy atom. The minimum absolute atomic E-state index is 0.102. The molecule has 2 aromatic carbocycles. The van der Waals surface area contributed by atoms with Gasteiger partial charge in [0.05, 0.1) is 12.8 Å². The predicted molar refractivity (Wildman–Crippen MR) is 81.9 cm³/mol. The van der Waals surface area contributed by atoms with Gasteiger partial charge in [0.2, 0.25) is 0 Å². The van der Waals surface area contributed by atoms with Crippen LogP contribution in [0, 0.1) is 0 Å². The van der Waals surface area contributed by atoms with Crippen LogP contribution in [0.2, 0.25) is 0 Å². The fourth-order valence-electron chi connectivity index (χ4n) is 1.82. The highest BCUT2D eigenvalue weighted by atomic mass is 16.5. The molecular weight excluding hydrogens is 268 g/mol. The summed E-state index contributed by atoms with van der Waals surface area (Å²) in [5, 5.41) is 0. The molecule has 0 aliphatic rings. The summed E-state index contributed by atoms with van der Waals surface area (Å²) in [5.74, 6) is 1.71. The monoisotopic (exact) mass is 286 g/mol. The largest absolute Gasteiger partial charge is 0.497 e. The number of nitrogens with zero attached hydrogens (tertiary/aromatic N) is 1. The lowest BCUT2D eigenvalue weighted by atomic mass is 10.1. The smallest absolute Gasteiger partial charge is 0.253 e. The number of hydrogen-bond donors (Lipinski definition) is 1. The van der Waals surface area contributed by atoms with E-state index in [2.05, 4.69) is 0 Å². The molecule has 0 heterocycles. The van der Waals surface area contributed by atoms with Crippen LogP contribution in [-0.4, -0.2) is 32.0 Å².